The molecule has 0 bridgehead atoms. The Morgan fingerprint density at radius 2 is 1.95 bits per heavy atom. The fraction of sp³-hybridized carbons (Fsp3) is 0.583. The predicted molar refractivity (Wildman–Crippen MR) is 78.6 cm³/mol. The number of urea groups is 1. The van der Waals surface area contributed by atoms with E-state index < -0.39 is 6.03 Å². The van der Waals surface area contributed by atoms with Gasteiger partial charge in [0.2, 0.25) is 11.0 Å². The number of nitrogens with zero attached hydrogens (tertiary/aromatic N) is 5. The number of aromatic nitrogens is 2. The van der Waals surface area contributed by atoms with Crippen LogP contribution >= 0.6 is 11.3 Å². The Labute approximate surface area is 130 Å². The molecular formula is C12H16N6O3S. The molecule has 4 amide bonds. The van der Waals surface area contributed by atoms with Crippen molar-refractivity contribution in [3.8, 4) is 0 Å². The molecule has 3 rings (SSSR count). The molecule has 2 fully saturated rings. The van der Waals surface area contributed by atoms with Gasteiger partial charge in [-0.1, -0.05) is 11.3 Å². The van der Waals surface area contributed by atoms with Gasteiger partial charge in [-0.2, -0.15) is 0 Å². The van der Waals surface area contributed by atoms with Gasteiger partial charge in [-0.3, -0.25) is 14.5 Å². The van der Waals surface area contributed by atoms with Gasteiger partial charge in [0.05, 0.1) is 6.54 Å². The normalized spacial score (nSPS) is 18.9. The van der Waals surface area contributed by atoms with Crippen LogP contribution in [-0.4, -0.2) is 77.1 Å². The molecule has 0 spiro atoms. The van der Waals surface area contributed by atoms with E-state index in [4.69, 9.17) is 0 Å². The molecule has 0 atom stereocenters. The Hall–Kier alpha value is -2.23. The number of piperazine rings is 1. The van der Waals surface area contributed by atoms with Crippen LogP contribution in [-0.2, 0) is 9.59 Å². The first kappa shape index (κ1) is 14.7. The Morgan fingerprint density at radius 1 is 1.23 bits per heavy atom. The maximum atomic E-state index is 12.2. The topological polar surface area (TPSA) is 98.7 Å². The minimum Gasteiger partial charge on any atom is -0.343 e. The number of aryl methyl sites for hydroxylation is 1. The first-order valence-corrected chi connectivity index (χ1v) is 7.77. The summed E-state index contributed by atoms with van der Waals surface area (Å²) >= 11 is 1.53. The molecule has 118 valence electrons. The summed E-state index contributed by atoms with van der Waals surface area (Å²) in [6.07, 6.45) is 0. The highest BCUT2D eigenvalue weighted by Crippen LogP contribution is 2.20. The fourth-order valence-corrected chi connectivity index (χ4v) is 3.15. The maximum Gasteiger partial charge on any atom is 0.325 e. The lowest BCUT2D eigenvalue weighted by Gasteiger charge is -2.34. The van der Waals surface area contributed by atoms with E-state index in [9.17, 15) is 14.4 Å². The highest BCUT2D eigenvalue weighted by Gasteiger charge is 2.32. The van der Waals surface area contributed by atoms with Crippen molar-refractivity contribution in [3.05, 3.63) is 5.01 Å². The third-order valence-corrected chi connectivity index (χ3v) is 4.55. The van der Waals surface area contributed by atoms with Gasteiger partial charge in [-0.25, -0.2) is 4.79 Å². The number of rotatable bonds is 3. The Bertz CT molecular complexity index is 594. The van der Waals surface area contributed by atoms with Gasteiger partial charge in [-0.15, -0.1) is 10.2 Å². The average Bonchev–Trinajstić information content (AvgIpc) is 3.08. The summed E-state index contributed by atoms with van der Waals surface area (Å²) in [4.78, 5) is 39.9. The second-order valence-electron chi connectivity index (χ2n) is 5.11. The van der Waals surface area contributed by atoms with Crippen molar-refractivity contribution in [1.29, 1.82) is 0 Å². The number of hydrogen-bond acceptors (Lipinski definition) is 7. The van der Waals surface area contributed by atoms with Crippen LogP contribution in [0.4, 0.5) is 9.93 Å². The molecule has 2 aliphatic rings. The molecule has 0 aromatic carbocycles. The molecule has 1 aromatic rings. The first-order valence-electron chi connectivity index (χ1n) is 6.95. The quantitative estimate of drug-likeness (QED) is 0.720. The number of imide groups is 1. The van der Waals surface area contributed by atoms with Gasteiger partial charge in [0.25, 0.3) is 5.91 Å². The van der Waals surface area contributed by atoms with Crippen LogP contribution in [0, 0.1) is 6.92 Å². The van der Waals surface area contributed by atoms with E-state index >= 15 is 0 Å². The van der Waals surface area contributed by atoms with Crippen molar-refractivity contribution < 1.29 is 14.4 Å². The zero-order valence-electron chi connectivity index (χ0n) is 12.1. The SMILES string of the molecule is Cc1nnc(N2CCN(C(=O)CN3C(=O)CNC3=O)CC2)s1. The van der Waals surface area contributed by atoms with Crippen molar-refractivity contribution in [2.75, 3.05) is 44.2 Å². The lowest BCUT2D eigenvalue weighted by atomic mass is 10.3. The summed E-state index contributed by atoms with van der Waals surface area (Å²) in [5.41, 5.74) is 0. The van der Waals surface area contributed by atoms with Crippen LogP contribution in [0.25, 0.3) is 0 Å². The van der Waals surface area contributed by atoms with Crippen molar-refractivity contribution in [2.24, 2.45) is 0 Å². The van der Waals surface area contributed by atoms with E-state index in [1.54, 1.807) is 4.90 Å². The first-order chi connectivity index (χ1) is 10.5. The van der Waals surface area contributed by atoms with Gasteiger partial charge >= 0.3 is 6.03 Å². The summed E-state index contributed by atoms with van der Waals surface area (Å²) in [7, 11) is 0. The Kier molecular flexibility index (Phi) is 3.92. The van der Waals surface area contributed by atoms with Gasteiger partial charge in [0, 0.05) is 26.2 Å². The molecule has 2 saturated heterocycles. The molecule has 0 unspecified atom stereocenters. The summed E-state index contributed by atoms with van der Waals surface area (Å²) < 4.78 is 0. The van der Waals surface area contributed by atoms with Crippen LogP contribution in [0.1, 0.15) is 5.01 Å². The highest BCUT2D eigenvalue weighted by atomic mass is 32.1. The monoisotopic (exact) mass is 324 g/mol. The molecule has 0 saturated carbocycles. The number of amides is 4. The lowest BCUT2D eigenvalue weighted by Crippen LogP contribution is -2.52. The van der Waals surface area contributed by atoms with E-state index in [0.29, 0.717) is 26.2 Å². The molecule has 22 heavy (non-hydrogen) atoms. The summed E-state index contributed by atoms with van der Waals surface area (Å²) in [5.74, 6) is -0.570. The van der Waals surface area contributed by atoms with E-state index in [0.717, 1.165) is 15.0 Å². The summed E-state index contributed by atoms with van der Waals surface area (Å²) in [6, 6.07) is -0.499. The van der Waals surface area contributed by atoms with Crippen molar-refractivity contribution in [1.82, 2.24) is 25.3 Å². The number of carbonyl (C=O) groups excluding carboxylic acids is 3. The maximum absolute atomic E-state index is 12.2. The lowest BCUT2D eigenvalue weighted by molar-refractivity contribution is -0.136. The number of anilines is 1. The van der Waals surface area contributed by atoms with Crippen LogP contribution in [0.5, 0.6) is 0 Å². The Balaban J connectivity index is 1.53. The molecule has 0 aliphatic carbocycles. The zero-order chi connectivity index (χ0) is 15.7. The van der Waals surface area contributed by atoms with Crippen molar-refractivity contribution in [2.45, 2.75) is 6.92 Å². The van der Waals surface area contributed by atoms with Crippen molar-refractivity contribution >= 4 is 34.3 Å². The van der Waals surface area contributed by atoms with Gasteiger partial charge < -0.3 is 15.1 Å². The molecule has 9 nitrogen and oxygen atoms in total. The van der Waals surface area contributed by atoms with Gasteiger partial charge in [-0.05, 0) is 6.92 Å². The molecule has 10 heteroatoms. The highest BCUT2D eigenvalue weighted by molar-refractivity contribution is 7.15. The van der Waals surface area contributed by atoms with Gasteiger partial charge in [0.1, 0.15) is 11.6 Å². The third kappa shape index (κ3) is 2.86. The second-order valence-corrected chi connectivity index (χ2v) is 6.27. The molecule has 1 aromatic heterocycles. The van der Waals surface area contributed by atoms with Crippen LogP contribution in [0.2, 0.25) is 0 Å². The molecule has 1 N–H and O–H groups in total. The van der Waals surface area contributed by atoms with Crippen LogP contribution < -0.4 is 10.2 Å². The van der Waals surface area contributed by atoms with E-state index in [1.165, 1.54) is 11.3 Å². The average molecular weight is 324 g/mol. The number of hydrogen-bond donors (Lipinski definition) is 1. The standard InChI is InChI=1S/C12H16N6O3S/c1-8-14-15-12(22-8)17-4-2-16(3-5-17)10(20)7-18-9(19)6-13-11(18)21/h2-7H2,1H3,(H,13,21). The number of carbonyl (C=O) groups is 3. The second kappa shape index (κ2) is 5.87. The number of nitrogens with one attached hydrogen (secondary N) is 1. The van der Waals surface area contributed by atoms with Crippen molar-refractivity contribution in [3.63, 3.8) is 0 Å². The molecule has 0 radical (unpaired) electrons. The summed E-state index contributed by atoms with van der Waals surface area (Å²) in [5, 5.41) is 12.3. The van der Waals surface area contributed by atoms with E-state index in [1.807, 2.05) is 6.92 Å². The molecular weight excluding hydrogens is 308 g/mol. The third-order valence-electron chi connectivity index (χ3n) is 3.65. The molecule has 3 heterocycles. The van der Waals surface area contributed by atoms with Crippen LogP contribution in [0.15, 0.2) is 0 Å². The summed E-state index contributed by atoms with van der Waals surface area (Å²) in [6.45, 7) is 4.10. The van der Waals surface area contributed by atoms with Crippen LogP contribution in [0.3, 0.4) is 0 Å². The minimum atomic E-state index is -0.499. The fourth-order valence-electron chi connectivity index (χ4n) is 2.41. The Morgan fingerprint density at radius 3 is 2.50 bits per heavy atom. The zero-order valence-corrected chi connectivity index (χ0v) is 12.9. The molecule has 2 aliphatic heterocycles. The largest absolute Gasteiger partial charge is 0.343 e. The predicted octanol–water partition coefficient (Wildman–Crippen LogP) is -0.953. The van der Waals surface area contributed by atoms with E-state index in [2.05, 4.69) is 20.4 Å². The van der Waals surface area contributed by atoms with Gasteiger partial charge in [0.15, 0.2) is 0 Å². The van der Waals surface area contributed by atoms with E-state index in [-0.39, 0.29) is 24.9 Å². The minimum absolute atomic E-state index is 0.0315. The smallest absolute Gasteiger partial charge is 0.325 e.